The van der Waals surface area contributed by atoms with Crippen LogP contribution in [0.3, 0.4) is 0 Å². The maximum absolute atomic E-state index is 11.7. The Balaban J connectivity index is 2.37. The van der Waals surface area contributed by atoms with E-state index < -0.39 is 5.60 Å². The molecule has 1 aromatic rings. The van der Waals surface area contributed by atoms with Crippen molar-refractivity contribution in [1.29, 1.82) is 0 Å². The van der Waals surface area contributed by atoms with Gasteiger partial charge in [0, 0.05) is 19.3 Å². The number of benzene rings is 1. The molecule has 0 saturated carbocycles. The summed E-state index contributed by atoms with van der Waals surface area (Å²) in [5, 5.41) is 3.58. The molecule has 6 heteroatoms. The van der Waals surface area contributed by atoms with E-state index in [9.17, 15) is 9.59 Å². The zero-order chi connectivity index (χ0) is 14.8. The monoisotopic (exact) mass is 315 g/mol. The molecule has 1 fully saturated rings. The Bertz CT molecular complexity index is 535. The molecular formula is C14H15Cl2NO3. The van der Waals surface area contributed by atoms with E-state index in [1.54, 1.807) is 25.1 Å². The molecule has 0 aromatic heterocycles. The molecule has 0 radical (unpaired) electrons. The summed E-state index contributed by atoms with van der Waals surface area (Å²) < 4.78 is 5.60. The van der Waals surface area contributed by atoms with Crippen LogP contribution in [0.1, 0.15) is 31.7 Å². The van der Waals surface area contributed by atoms with Crippen LogP contribution in [0, 0.1) is 0 Å². The lowest BCUT2D eigenvalue weighted by Crippen LogP contribution is -2.48. The van der Waals surface area contributed by atoms with Crippen LogP contribution in [0.2, 0.25) is 10.0 Å². The fraction of sp³-hybridized carbons (Fsp3) is 0.429. The number of esters is 1. The van der Waals surface area contributed by atoms with Crippen LogP contribution in [0.5, 0.6) is 0 Å². The Labute approximate surface area is 127 Å². The van der Waals surface area contributed by atoms with E-state index in [4.69, 9.17) is 27.9 Å². The quantitative estimate of drug-likeness (QED) is 0.872. The molecule has 20 heavy (non-hydrogen) atoms. The first-order chi connectivity index (χ1) is 9.47. The number of ether oxygens (including phenoxy) is 1. The number of hydrogen-bond donors (Lipinski definition) is 1. The standard InChI is InChI=1S/C14H15Cl2NO3/c1-2-13(19)20-14(6-5-12(18)17-8-14)9-3-4-10(15)11(16)7-9/h3-4,7H,2,5-6,8H2,1H3,(H,17,18). The van der Waals surface area contributed by atoms with E-state index >= 15 is 0 Å². The highest BCUT2D eigenvalue weighted by Gasteiger charge is 2.40. The lowest BCUT2D eigenvalue weighted by atomic mass is 9.86. The molecule has 1 unspecified atom stereocenters. The van der Waals surface area contributed by atoms with Gasteiger partial charge in [-0.15, -0.1) is 0 Å². The lowest BCUT2D eigenvalue weighted by Gasteiger charge is -2.37. The third-order valence-corrected chi connectivity index (χ3v) is 4.11. The Morgan fingerprint density at radius 2 is 2.15 bits per heavy atom. The van der Waals surface area contributed by atoms with Crippen molar-refractivity contribution in [3.05, 3.63) is 33.8 Å². The summed E-state index contributed by atoms with van der Waals surface area (Å²) in [6.45, 7) is 1.97. The van der Waals surface area contributed by atoms with Crippen LogP contribution in [0.4, 0.5) is 0 Å². The van der Waals surface area contributed by atoms with Crippen molar-refractivity contribution in [2.75, 3.05) is 6.54 Å². The molecule has 1 amide bonds. The highest BCUT2D eigenvalue weighted by molar-refractivity contribution is 6.42. The SMILES string of the molecule is CCC(=O)OC1(c2ccc(Cl)c(Cl)c2)CCC(=O)NC1. The second-order valence-corrected chi connectivity index (χ2v) is 5.54. The van der Waals surface area contributed by atoms with Crippen molar-refractivity contribution in [2.45, 2.75) is 31.8 Å². The number of nitrogens with one attached hydrogen (secondary N) is 1. The average molecular weight is 316 g/mol. The van der Waals surface area contributed by atoms with E-state index in [0.717, 1.165) is 5.56 Å². The van der Waals surface area contributed by atoms with E-state index in [1.165, 1.54) is 0 Å². The van der Waals surface area contributed by atoms with Gasteiger partial charge in [-0.3, -0.25) is 9.59 Å². The summed E-state index contributed by atoms with van der Waals surface area (Å²) in [5.74, 6) is -0.361. The highest BCUT2D eigenvalue weighted by atomic mass is 35.5. The van der Waals surface area contributed by atoms with Crippen molar-refractivity contribution in [1.82, 2.24) is 5.32 Å². The largest absolute Gasteiger partial charge is 0.452 e. The normalized spacial score (nSPS) is 22.2. The number of rotatable bonds is 3. The first-order valence-electron chi connectivity index (χ1n) is 6.41. The Kier molecular flexibility index (Phi) is 4.55. The van der Waals surface area contributed by atoms with Crippen molar-refractivity contribution >= 4 is 35.1 Å². The van der Waals surface area contributed by atoms with Crippen LogP contribution in [0.15, 0.2) is 18.2 Å². The molecule has 4 nitrogen and oxygen atoms in total. The van der Waals surface area contributed by atoms with Gasteiger partial charge in [0.1, 0.15) is 0 Å². The van der Waals surface area contributed by atoms with Crippen LogP contribution in [0.25, 0.3) is 0 Å². The van der Waals surface area contributed by atoms with Gasteiger partial charge in [-0.25, -0.2) is 0 Å². The predicted molar refractivity (Wildman–Crippen MR) is 76.8 cm³/mol. The first kappa shape index (κ1) is 15.1. The molecule has 2 rings (SSSR count). The summed E-state index contributed by atoms with van der Waals surface area (Å²) in [6, 6.07) is 5.12. The van der Waals surface area contributed by atoms with E-state index in [2.05, 4.69) is 5.32 Å². The molecule has 0 spiro atoms. The molecule has 1 aromatic carbocycles. The Morgan fingerprint density at radius 3 is 2.70 bits per heavy atom. The molecule has 0 aliphatic carbocycles. The average Bonchev–Trinajstić information content (AvgIpc) is 2.44. The van der Waals surface area contributed by atoms with E-state index in [-0.39, 0.29) is 24.8 Å². The minimum Gasteiger partial charge on any atom is -0.452 e. The summed E-state index contributed by atoms with van der Waals surface area (Å²) in [6.07, 6.45) is 1.01. The van der Waals surface area contributed by atoms with Crippen molar-refractivity contribution < 1.29 is 14.3 Å². The topological polar surface area (TPSA) is 55.4 Å². The second-order valence-electron chi connectivity index (χ2n) is 4.73. The van der Waals surface area contributed by atoms with Crippen LogP contribution >= 0.6 is 23.2 Å². The maximum atomic E-state index is 11.7. The maximum Gasteiger partial charge on any atom is 0.306 e. The van der Waals surface area contributed by atoms with Gasteiger partial charge >= 0.3 is 5.97 Å². The number of carbonyl (C=O) groups excluding carboxylic acids is 2. The Morgan fingerprint density at radius 1 is 1.40 bits per heavy atom. The summed E-state index contributed by atoms with van der Waals surface area (Å²) in [5.41, 5.74) is -0.122. The second kappa shape index (κ2) is 6.02. The zero-order valence-electron chi connectivity index (χ0n) is 11.0. The molecule has 1 atom stereocenters. The third kappa shape index (κ3) is 3.07. The van der Waals surface area contributed by atoms with Gasteiger partial charge in [-0.05, 0) is 17.7 Å². The highest BCUT2D eigenvalue weighted by Crippen LogP contribution is 2.36. The van der Waals surface area contributed by atoms with Gasteiger partial charge in [0.05, 0.1) is 16.6 Å². The number of amides is 1. The van der Waals surface area contributed by atoms with Crippen molar-refractivity contribution in [2.24, 2.45) is 0 Å². The van der Waals surface area contributed by atoms with Crippen LogP contribution in [-0.2, 0) is 19.9 Å². The van der Waals surface area contributed by atoms with Crippen LogP contribution < -0.4 is 5.32 Å². The van der Waals surface area contributed by atoms with E-state index in [1.807, 2.05) is 0 Å². The fourth-order valence-electron chi connectivity index (χ4n) is 2.20. The van der Waals surface area contributed by atoms with Gasteiger partial charge in [0.25, 0.3) is 0 Å². The van der Waals surface area contributed by atoms with Crippen LogP contribution in [-0.4, -0.2) is 18.4 Å². The van der Waals surface area contributed by atoms with Gasteiger partial charge in [0.2, 0.25) is 5.91 Å². The summed E-state index contributed by atoms with van der Waals surface area (Å²) in [7, 11) is 0. The predicted octanol–water partition coefficient (Wildman–Crippen LogP) is 3.05. The minimum atomic E-state index is -0.866. The molecule has 1 saturated heterocycles. The van der Waals surface area contributed by atoms with Crippen molar-refractivity contribution in [3.8, 4) is 0 Å². The minimum absolute atomic E-state index is 0.0479. The molecule has 1 N–H and O–H groups in total. The summed E-state index contributed by atoms with van der Waals surface area (Å²) in [4.78, 5) is 23.1. The molecule has 1 heterocycles. The number of hydrogen-bond acceptors (Lipinski definition) is 3. The number of carbonyl (C=O) groups is 2. The first-order valence-corrected chi connectivity index (χ1v) is 7.16. The Hall–Kier alpha value is -1.26. The third-order valence-electron chi connectivity index (χ3n) is 3.37. The summed E-state index contributed by atoms with van der Waals surface area (Å²) >= 11 is 11.9. The molecule has 0 bridgehead atoms. The molecular weight excluding hydrogens is 301 g/mol. The molecule has 1 aliphatic heterocycles. The van der Waals surface area contributed by atoms with Crippen molar-refractivity contribution in [3.63, 3.8) is 0 Å². The van der Waals surface area contributed by atoms with Gasteiger partial charge in [-0.2, -0.15) is 0 Å². The van der Waals surface area contributed by atoms with Gasteiger partial charge in [0.15, 0.2) is 5.60 Å². The molecule has 108 valence electrons. The number of halogens is 2. The van der Waals surface area contributed by atoms with E-state index in [0.29, 0.717) is 22.9 Å². The lowest BCUT2D eigenvalue weighted by molar-refractivity contribution is -0.165. The van der Waals surface area contributed by atoms with Gasteiger partial charge in [-0.1, -0.05) is 36.2 Å². The zero-order valence-corrected chi connectivity index (χ0v) is 12.6. The number of piperidine rings is 1. The fourth-order valence-corrected chi connectivity index (χ4v) is 2.49. The molecule has 1 aliphatic rings. The van der Waals surface area contributed by atoms with Gasteiger partial charge < -0.3 is 10.1 Å². The smallest absolute Gasteiger partial charge is 0.306 e.